The second-order valence-corrected chi connectivity index (χ2v) is 5.22. The van der Waals surface area contributed by atoms with Crippen molar-refractivity contribution in [1.29, 1.82) is 0 Å². The van der Waals surface area contributed by atoms with Gasteiger partial charge in [0.2, 0.25) is 0 Å². The Morgan fingerprint density at radius 1 is 1.40 bits per heavy atom. The third kappa shape index (κ3) is 3.62. The van der Waals surface area contributed by atoms with Crippen LogP contribution in [0.3, 0.4) is 0 Å². The summed E-state index contributed by atoms with van der Waals surface area (Å²) in [7, 11) is 0. The minimum atomic E-state index is 0.173. The first-order chi connectivity index (χ1) is 7.04. The molecule has 0 aromatic heterocycles. The van der Waals surface area contributed by atoms with Crippen LogP contribution in [0, 0.1) is 12.8 Å². The molecule has 0 spiro atoms. The number of nitrogens with two attached hydrogens (primary N) is 1. The Bertz CT molecular complexity index is 322. The van der Waals surface area contributed by atoms with Gasteiger partial charge in [-0.05, 0) is 36.5 Å². The van der Waals surface area contributed by atoms with Crippen LogP contribution in [-0.4, -0.2) is 0 Å². The van der Waals surface area contributed by atoms with Crippen molar-refractivity contribution in [2.24, 2.45) is 11.7 Å². The van der Waals surface area contributed by atoms with Gasteiger partial charge in [0.1, 0.15) is 0 Å². The van der Waals surface area contributed by atoms with Gasteiger partial charge in [-0.3, -0.25) is 0 Å². The lowest BCUT2D eigenvalue weighted by molar-refractivity contribution is 0.461. The van der Waals surface area contributed by atoms with Crippen LogP contribution in [0.25, 0.3) is 0 Å². The molecular formula is C13H20BrN. The number of rotatable bonds is 4. The van der Waals surface area contributed by atoms with Crippen molar-refractivity contribution in [2.75, 3.05) is 0 Å². The van der Waals surface area contributed by atoms with Crippen molar-refractivity contribution < 1.29 is 0 Å². The maximum atomic E-state index is 6.18. The van der Waals surface area contributed by atoms with E-state index in [9.17, 15) is 0 Å². The zero-order chi connectivity index (χ0) is 11.4. The third-order valence-corrected chi connectivity index (χ3v) is 3.85. The lowest BCUT2D eigenvalue weighted by Gasteiger charge is -2.17. The van der Waals surface area contributed by atoms with Gasteiger partial charge in [-0.25, -0.2) is 0 Å². The summed E-state index contributed by atoms with van der Waals surface area (Å²) in [5.41, 5.74) is 8.68. The Morgan fingerprint density at radius 3 is 2.60 bits per heavy atom. The summed E-state index contributed by atoms with van der Waals surface area (Å²) in [5.74, 6) is 0.698. The largest absolute Gasteiger partial charge is 0.324 e. The van der Waals surface area contributed by atoms with E-state index in [-0.39, 0.29) is 6.04 Å². The van der Waals surface area contributed by atoms with E-state index < -0.39 is 0 Å². The lowest BCUT2D eigenvalue weighted by Crippen LogP contribution is -2.13. The fourth-order valence-electron chi connectivity index (χ4n) is 1.63. The summed E-state index contributed by atoms with van der Waals surface area (Å²) in [6, 6.07) is 6.55. The van der Waals surface area contributed by atoms with Crippen LogP contribution in [0.4, 0.5) is 0 Å². The van der Waals surface area contributed by atoms with E-state index in [1.54, 1.807) is 0 Å². The van der Waals surface area contributed by atoms with Crippen LogP contribution >= 0.6 is 15.9 Å². The topological polar surface area (TPSA) is 26.0 Å². The first-order valence-electron chi connectivity index (χ1n) is 5.56. The summed E-state index contributed by atoms with van der Waals surface area (Å²) in [6.07, 6.45) is 2.26. The van der Waals surface area contributed by atoms with Gasteiger partial charge >= 0.3 is 0 Å². The van der Waals surface area contributed by atoms with E-state index >= 15 is 0 Å². The average Bonchev–Trinajstić information content (AvgIpc) is 2.21. The number of hydrogen-bond acceptors (Lipinski definition) is 1. The molecule has 2 heteroatoms. The predicted octanol–water partition coefficient (Wildman–Crippen LogP) is 4.19. The van der Waals surface area contributed by atoms with Gasteiger partial charge in [0.15, 0.2) is 0 Å². The maximum absolute atomic E-state index is 6.18. The van der Waals surface area contributed by atoms with Crippen molar-refractivity contribution in [2.45, 2.75) is 39.7 Å². The molecule has 0 aliphatic rings. The summed E-state index contributed by atoms with van der Waals surface area (Å²) in [4.78, 5) is 0. The third-order valence-electron chi connectivity index (χ3n) is 2.96. The minimum absolute atomic E-state index is 0.173. The highest BCUT2D eigenvalue weighted by Gasteiger charge is 2.10. The molecule has 2 atom stereocenters. The Labute approximate surface area is 101 Å². The molecule has 2 unspecified atom stereocenters. The molecule has 1 nitrogen and oxygen atoms in total. The standard InChI is InChI=1S/C13H20BrN/c1-4-9(2)7-13(15)11-5-6-12(14)10(3)8-11/h5-6,8-9,13H,4,7,15H2,1-3H3. The van der Waals surface area contributed by atoms with Crippen LogP contribution in [0.2, 0.25) is 0 Å². The molecule has 0 bridgehead atoms. The Hall–Kier alpha value is -0.340. The van der Waals surface area contributed by atoms with Crippen LogP contribution in [0.5, 0.6) is 0 Å². The highest BCUT2D eigenvalue weighted by atomic mass is 79.9. The zero-order valence-electron chi connectivity index (χ0n) is 9.76. The van der Waals surface area contributed by atoms with Crippen LogP contribution in [0.1, 0.15) is 43.9 Å². The summed E-state index contributed by atoms with van der Waals surface area (Å²) < 4.78 is 1.15. The van der Waals surface area contributed by atoms with E-state index in [1.165, 1.54) is 17.5 Å². The molecule has 0 saturated heterocycles. The Kier molecular flexibility index (Phi) is 4.81. The fourth-order valence-corrected chi connectivity index (χ4v) is 1.88. The van der Waals surface area contributed by atoms with Gasteiger partial charge < -0.3 is 5.73 Å². The Morgan fingerprint density at radius 2 is 2.07 bits per heavy atom. The smallest absolute Gasteiger partial charge is 0.0297 e. The number of aryl methyl sites for hydroxylation is 1. The first kappa shape index (κ1) is 12.7. The fraction of sp³-hybridized carbons (Fsp3) is 0.538. The van der Waals surface area contributed by atoms with Gasteiger partial charge in [-0.1, -0.05) is 48.3 Å². The van der Waals surface area contributed by atoms with Crippen molar-refractivity contribution >= 4 is 15.9 Å². The molecule has 15 heavy (non-hydrogen) atoms. The highest BCUT2D eigenvalue weighted by molar-refractivity contribution is 9.10. The van der Waals surface area contributed by atoms with Gasteiger partial charge in [-0.15, -0.1) is 0 Å². The molecule has 84 valence electrons. The molecule has 0 aliphatic heterocycles. The van der Waals surface area contributed by atoms with Crippen molar-refractivity contribution in [3.05, 3.63) is 33.8 Å². The van der Waals surface area contributed by atoms with Gasteiger partial charge in [0.05, 0.1) is 0 Å². The molecule has 0 heterocycles. The highest BCUT2D eigenvalue weighted by Crippen LogP contribution is 2.24. The second-order valence-electron chi connectivity index (χ2n) is 4.36. The molecule has 0 fully saturated rings. The summed E-state index contributed by atoms with van der Waals surface area (Å²) >= 11 is 3.50. The van der Waals surface area contributed by atoms with E-state index in [0.717, 1.165) is 10.9 Å². The van der Waals surface area contributed by atoms with Crippen molar-refractivity contribution in [1.82, 2.24) is 0 Å². The monoisotopic (exact) mass is 269 g/mol. The molecule has 0 aliphatic carbocycles. The van der Waals surface area contributed by atoms with Gasteiger partial charge in [-0.2, -0.15) is 0 Å². The average molecular weight is 270 g/mol. The minimum Gasteiger partial charge on any atom is -0.324 e. The van der Waals surface area contributed by atoms with Crippen LogP contribution in [-0.2, 0) is 0 Å². The van der Waals surface area contributed by atoms with Crippen LogP contribution in [0.15, 0.2) is 22.7 Å². The van der Waals surface area contributed by atoms with Crippen LogP contribution < -0.4 is 5.73 Å². The summed E-state index contributed by atoms with van der Waals surface area (Å²) in [5, 5.41) is 0. The first-order valence-corrected chi connectivity index (χ1v) is 6.35. The molecular weight excluding hydrogens is 250 g/mol. The molecule has 0 amide bonds. The quantitative estimate of drug-likeness (QED) is 0.872. The number of hydrogen-bond donors (Lipinski definition) is 1. The van der Waals surface area contributed by atoms with Gasteiger partial charge in [0.25, 0.3) is 0 Å². The normalized spacial score (nSPS) is 15.0. The van der Waals surface area contributed by atoms with E-state index in [4.69, 9.17) is 5.73 Å². The van der Waals surface area contributed by atoms with E-state index in [2.05, 4.69) is 54.9 Å². The zero-order valence-corrected chi connectivity index (χ0v) is 11.3. The Balaban J connectivity index is 2.73. The molecule has 1 rings (SSSR count). The maximum Gasteiger partial charge on any atom is 0.0297 e. The van der Waals surface area contributed by atoms with Gasteiger partial charge in [0, 0.05) is 10.5 Å². The van der Waals surface area contributed by atoms with Crippen molar-refractivity contribution in [3.63, 3.8) is 0 Å². The number of halogens is 1. The van der Waals surface area contributed by atoms with E-state index in [0.29, 0.717) is 5.92 Å². The molecule has 0 saturated carbocycles. The lowest BCUT2D eigenvalue weighted by atomic mass is 9.94. The molecule has 2 N–H and O–H groups in total. The number of benzene rings is 1. The SMILES string of the molecule is CCC(C)CC(N)c1ccc(Br)c(C)c1. The molecule has 0 radical (unpaired) electrons. The molecule has 1 aromatic carbocycles. The second kappa shape index (κ2) is 5.66. The predicted molar refractivity (Wildman–Crippen MR) is 69.9 cm³/mol. The van der Waals surface area contributed by atoms with E-state index in [1.807, 2.05) is 0 Å². The molecule has 1 aromatic rings. The summed E-state index contributed by atoms with van der Waals surface area (Å²) in [6.45, 7) is 6.57. The van der Waals surface area contributed by atoms with Crippen molar-refractivity contribution in [3.8, 4) is 0 Å².